The Morgan fingerprint density at radius 2 is 2.00 bits per heavy atom. The number of aromatic nitrogens is 2. The molecule has 21 heavy (non-hydrogen) atoms. The van der Waals surface area contributed by atoms with Gasteiger partial charge in [0.1, 0.15) is 5.82 Å². The Labute approximate surface area is 127 Å². The highest BCUT2D eigenvalue weighted by Crippen LogP contribution is 2.25. The van der Waals surface area contributed by atoms with Gasteiger partial charge in [-0.05, 0) is 44.2 Å². The maximum Gasteiger partial charge on any atom is 0.131 e. The van der Waals surface area contributed by atoms with E-state index in [2.05, 4.69) is 17.2 Å². The smallest absolute Gasteiger partial charge is 0.131 e. The van der Waals surface area contributed by atoms with Gasteiger partial charge in [0.05, 0.1) is 13.2 Å². The molecule has 1 aromatic rings. The Morgan fingerprint density at radius 1 is 1.19 bits per heavy atom. The molecule has 0 spiro atoms. The number of fused-ring (bicyclic) bond motifs is 1. The topological polar surface area (TPSA) is 56.3 Å². The zero-order valence-corrected chi connectivity index (χ0v) is 13.4. The number of nitrogens with one attached hydrogen (secondary N) is 1. The molecule has 0 bridgehead atoms. The Kier molecular flexibility index (Phi) is 6.54. The number of nitrogens with zero attached hydrogens (tertiary/aromatic N) is 2. The second-order valence-corrected chi connectivity index (χ2v) is 5.70. The van der Waals surface area contributed by atoms with Crippen LogP contribution in [0, 0.1) is 12.8 Å². The summed E-state index contributed by atoms with van der Waals surface area (Å²) in [5.74, 6) is 1.60. The Hall–Kier alpha value is -1.04. The van der Waals surface area contributed by atoms with Gasteiger partial charge in [0.25, 0.3) is 0 Å². The summed E-state index contributed by atoms with van der Waals surface area (Å²) in [5.41, 5.74) is 3.76. The van der Waals surface area contributed by atoms with Crippen molar-refractivity contribution in [3.8, 4) is 0 Å². The van der Waals surface area contributed by atoms with E-state index in [1.165, 1.54) is 17.7 Å². The van der Waals surface area contributed by atoms with Crippen LogP contribution in [0.5, 0.6) is 0 Å². The van der Waals surface area contributed by atoms with Crippen molar-refractivity contribution in [2.45, 2.75) is 32.6 Å². The average Bonchev–Trinajstić information content (AvgIpc) is 2.50. The van der Waals surface area contributed by atoms with Crippen LogP contribution in [0.4, 0.5) is 0 Å². The zero-order chi connectivity index (χ0) is 15.1. The van der Waals surface area contributed by atoms with Gasteiger partial charge in [-0.1, -0.05) is 0 Å². The van der Waals surface area contributed by atoms with Crippen molar-refractivity contribution in [2.75, 3.05) is 40.5 Å². The van der Waals surface area contributed by atoms with Crippen molar-refractivity contribution in [3.63, 3.8) is 0 Å². The number of rotatable bonds is 8. The summed E-state index contributed by atoms with van der Waals surface area (Å²) >= 11 is 0. The first-order valence-electron chi connectivity index (χ1n) is 7.78. The number of methoxy groups -OCH3 is 2. The monoisotopic (exact) mass is 293 g/mol. The number of hydrogen-bond donors (Lipinski definition) is 1. The van der Waals surface area contributed by atoms with Crippen LogP contribution in [0.3, 0.4) is 0 Å². The van der Waals surface area contributed by atoms with Crippen LogP contribution in [-0.2, 0) is 28.7 Å². The standard InChI is InChI=1S/C16H27N3O2/c1-12-14-10-13(11-17-7-9-21-3)4-5-15(14)19-16(18-12)6-8-20-2/h13,17H,4-11H2,1-3H3. The largest absolute Gasteiger partial charge is 0.384 e. The minimum Gasteiger partial charge on any atom is -0.384 e. The van der Waals surface area contributed by atoms with E-state index in [4.69, 9.17) is 14.5 Å². The van der Waals surface area contributed by atoms with E-state index in [1.807, 2.05) is 0 Å². The molecule has 1 aromatic heterocycles. The lowest BCUT2D eigenvalue weighted by atomic mass is 9.85. The van der Waals surface area contributed by atoms with E-state index >= 15 is 0 Å². The van der Waals surface area contributed by atoms with Crippen molar-refractivity contribution in [2.24, 2.45) is 5.92 Å². The molecule has 0 aliphatic heterocycles. The van der Waals surface area contributed by atoms with E-state index in [0.717, 1.165) is 50.5 Å². The minimum absolute atomic E-state index is 0.682. The van der Waals surface area contributed by atoms with E-state index in [9.17, 15) is 0 Å². The van der Waals surface area contributed by atoms with Gasteiger partial charge in [0, 0.05) is 38.6 Å². The summed E-state index contributed by atoms with van der Waals surface area (Å²) in [5, 5.41) is 3.46. The molecule has 1 atom stereocenters. The van der Waals surface area contributed by atoms with Gasteiger partial charge < -0.3 is 14.8 Å². The van der Waals surface area contributed by atoms with Crippen molar-refractivity contribution in [3.05, 3.63) is 22.8 Å². The molecule has 0 radical (unpaired) electrons. The van der Waals surface area contributed by atoms with Crippen LogP contribution in [0.25, 0.3) is 0 Å². The van der Waals surface area contributed by atoms with Crippen LogP contribution in [0.15, 0.2) is 0 Å². The molecule has 0 amide bonds. The molecule has 2 rings (SSSR count). The molecule has 1 unspecified atom stereocenters. The fraction of sp³-hybridized carbons (Fsp3) is 0.750. The Morgan fingerprint density at radius 3 is 2.76 bits per heavy atom. The number of aryl methyl sites for hydroxylation is 2. The Bertz CT molecular complexity index is 451. The summed E-state index contributed by atoms with van der Waals surface area (Å²) in [6.45, 7) is 5.54. The van der Waals surface area contributed by atoms with Gasteiger partial charge in [-0.3, -0.25) is 0 Å². The molecule has 1 heterocycles. The zero-order valence-electron chi connectivity index (χ0n) is 13.4. The molecule has 1 N–H and O–H groups in total. The van der Waals surface area contributed by atoms with E-state index in [1.54, 1.807) is 14.2 Å². The molecule has 0 fully saturated rings. The van der Waals surface area contributed by atoms with Gasteiger partial charge in [-0.25, -0.2) is 9.97 Å². The van der Waals surface area contributed by atoms with Crippen LogP contribution in [0.2, 0.25) is 0 Å². The summed E-state index contributed by atoms with van der Waals surface area (Å²) in [6.07, 6.45) is 4.15. The molecule has 0 saturated carbocycles. The average molecular weight is 293 g/mol. The second kappa shape index (κ2) is 8.41. The van der Waals surface area contributed by atoms with Crippen molar-refractivity contribution in [1.29, 1.82) is 0 Å². The van der Waals surface area contributed by atoms with Crippen LogP contribution >= 0.6 is 0 Å². The highest BCUT2D eigenvalue weighted by molar-refractivity contribution is 5.28. The maximum atomic E-state index is 5.11. The first kappa shape index (κ1) is 16.3. The van der Waals surface area contributed by atoms with E-state index < -0.39 is 0 Å². The minimum atomic E-state index is 0.682. The van der Waals surface area contributed by atoms with Crippen molar-refractivity contribution < 1.29 is 9.47 Å². The number of ether oxygens (including phenoxy) is 2. The van der Waals surface area contributed by atoms with Gasteiger partial charge in [-0.2, -0.15) is 0 Å². The normalized spacial score (nSPS) is 17.8. The molecular weight excluding hydrogens is 266 g/mol. The number of hydrogen-bond acceptors (Lipinski definition) is 5. The quantitative estimate of drug-likeness (QED) is 0.733. The lowest BCUT2D eigenvalue weighted by Gasteiger charge is -2.25. The van der Waals surface area contributed by atoms with Crippen LogP contribution < -0.4 is 5.32 Å². The van der Waals surface area contributed by atoms with Crippen LogP contribution in [0.1, 0.15) is 29.2 Å². The van der Waals surface area contributed by atoms with Gasteiger partial charge in [-0.15, -0.1) is 0 Å². The third-order valence-corrected chi connectivity index (χ3v) is 4.07. The van der Waals surface area contributed by atoms with Crippen LogP contribution in [-0.4, -0.2) is 50.5 Å². The Balaban J connectivity index is 1.94. The lowest BCUT2D eigenvalue weighted by Crippen LogP contribution is -2.30. The fourth-order valence-corrected chi connectivity index (χ4v) is 2.88. The molecule has 5 nitrogen and oxygen atoms in total. The molecular formula is C16H27N3O2. The molecule has 1 aliphatic rings. The maximum absolute atomic E-state index is 5.11. The summed E-state index contributed by atoms with van der Waals surface area (Å²) in [6, 6.07) is 0. The van der Waals surface area contributed by atoms with Gasteiger partial charge in [0.15, 0.2) is 0 Å². The first-order chi connectivity index (χ1) is 10.2. The molecule has 0 saturated heterocycles. The predicted molar refractivity (Wildman–Crippen MR) is 82.6 cm³/mol. The molecule has 118 valence electrons. The SMILES string of the molecule is COCCNCC1CCc2nc(CCOC)nc(C)c2C1. The van der Waals surface area contributed by atoms with Gasteiger partial charge >= 0.3 is 0 Å². The summed E-state index contributed by atoms with van der Waals surface area (Å²) in [7, 11) is 3.45. The summed E-state index contributed by atoms with van der Waals surface area (Å²) < 4.78 is 10.2. The third kappa shape index (κ3) is 4.73. The molecule has 1 aliphatic carbocycles. The predicted octanol–water partition coefficient (Wildman–Crippen LogP) is 1.31. The van der Waals surface area contributed by atoms with E-state index in [-0.39, 0.29) is 0 Å². The van der Waals surface area contributed by atoms with E-state index in [0.29, 0.717) is 12.5 Å². The van der Waals surface area contributed by atoms with Crippen molar-refractivity contribution in [1.82, 2.24) is 15.3 Å². The first-order valence-corrected chi connectivity index (χ1v) is 7.78. The molecule has 0 aromatic carbocycles. The van der Waals surface area contributed by atoms with Crippen molar-refractivity contribution >= 4 is 0 Å². The lowest BCUT2D eigenvalue weighted by molar-refractivity contribution is 0.197. The summed E-state index contributed by atoms with van der Waals surface area (Å²) in [4.78, 5) is 9.36. The molecule has 5 heteroatoms. The van der Waals surface area contributed by atoms with Gasteiger partial charge in [0.2, 0.25) is 0 Å². The fourth-order valence-electron chi connectivity index (χ4n) is 2.88. The highest BCUT2D eigenvalue weighted by atomic mass is 16.5. The highest BCUT2D eigenvalue weighted by Gasteiger charge is 2.22. The second-order valence-electron chi connectivity index (χ2n) is 5.70. The third-order valence-electron chi connectivity index (χ3n) is 4.07.